The lowest BCUT2D eigenvalue weighted by molar-refractivity contribution is 0.301. The molecule has 27 heavy (non-hydrogen) atoms. The van der Waals surface area contributed by atoms with E-state index >= 15 is 0 Å². The van der Waals surface area contributed by atoms with Gasteiger partial charge >= 0.3 is 0 Å². The van der Waals surface area contributed by atoms with Gasteiger partial charge in [0, 0.05) is 37.6 Å². The molecule has 6 heteroatoms. The first-order valence-corrected chi connectivity index (χ1v) is 10.1. The molecule has 1 aliphatic heterocycles. The molecule has 0 bridgehead atoms. The van der Waals surface area contributed by atoms with Crippen molar-refractivity contribution in [2.75, 3.05) is 29.9 Å². The van der Waals surface area contributed by atoms with E-state index in [1.807, 2.05) is 12.1 Å². The highest BCUT2D eigenvalue weighted by Crippen LogP contribution is 2.26. The van der Waals surface area contributed by atoms with Crippen molar-refractivity contribution in [3.63, 3.8) is 0 Å². The Hall–Kier alpha value is -1.85. The summed E-state index contributed by atoms with van der Waals surface area (Å²) in [6, 6.07) is 12.5. The third-order valence-electron chi connectivity index (χ3n) is 4.93. The number of benzene rings is 1. The second-order valence-electron chi connectivity index (χ2n) is 8.05. The molecule has 1 aromatic heterocycles. The van der Waals surface area contributed by atoms with Crippen LogP contribution in [0.3, 0.4) is 0 Å². The molecule has 144 valence electrons. The molecule has 0 aliphatic carbocycles. The smallest absolute Gasteiger partial charge is 0.173 e. The highest BCUT2D eigenvalue weighted by molar-refractivity contribution is 7.80. The van der Waals surface area contributed by atoms with E-state index in [4.69, 9.17) is 23.8 Å². The van der Waals surface area contributed by atoms with Crippen molar-refractivity contribution in [2.24, 2.45) is 0 Å². The Morgan fingerprint density at radius 3 is 2.48 bits per heavy atom. The standard InChI is InChI=1S/C21H27ClN4S/c1-15-14-25(19-18(22)6-5-11-23-19)12-13-26(15)20(27)24-17-9-7-16(8-10-17)21(2,3)4/h5-11,15H,12-14H2,1-4H3,(H,24,27)/t15-/m1/s1. The van der Waals surface area contributed by atoms with Gasteiger partial charge in [-0.3, -0.25) is 0 Å². The first-order chi connectivity index (χ1) is 12.8. The molecule has 1 N–H and O–H groups in total. The first-order valence-electron chi connectivity index (χ1n) is 9.29. The van der Waals surface area contributed by atoms with E-state index in [1.54, 1.807) is 6.20 Å². The second kappa shape index (κ2) is 8.03. The monoisotopic (exact) mass is 402 g/mol. The zero-order valence-corrected chi connectivity index (χ0v) is 17.9. The molecule has 4 nitrogen and oxygen atoms in total. The number of piperazine rings is 1. The summed E-state index contributed by atoms with van der Waals surface area (Å²) in [5.41, 5.74) is 2.49. The van der Waals surface area contributed by atoms with Gasteiger partial charge in [0.1, 0.15) is 5.82 Å². The molecule has 3 rings (SSSR count). The lowest BCUT2D eigenvalue weighted by atomic mass is 9.87. The molecule has 1 atom stereocenters. The second-order valence-corrected chi connectivity index (χ2v) is 8.85. The summed E-state index contributed by atoms with van der Waals surface area (Å²) in [5, 5.41) is 4.84. The average Bonchev–Trinajstić information content (AvgIpc) is 2.61. The number of hydrogen-bond acceptors (Lipinski definition) is 3. The van der Waals surface area contributed by atoms with E-state index in [1.165, 1.54) is 5.56 Å². The maximum atomic E-state index is 6.30. The van der Waals surface area contributed by atoms with E-state index < -0.39 is 0 Å². The van der Waals surface area contributed by atoms with Crippen LogP contribution < -0.4 is 10.2 Å². The Balaban J connectivity index is 1.62. The third kappa shape index (κ3) is 4.71. The van der Waals surface area contributed by atoms with Crippen molar-refractivity contribution in [1.29, 1.82) is 0 Å². The molecule has 2 aromatic rings. The van der Waals surface area contributed by atoms with Crippen LogP contribution in [0.15, 0.2) is 42.6 Å². The van der Waals surface area contributed by atoms with Crippen LogP contribution in [0, 0.1) is 0 Å². The van der Waals surface area contributed by atoms with Crippen LogP contribution in [-0.4, -0.2) is 40.7 Å². The summed E-state index contributed by atoms with van der Waals surface area (Å²) >= 11 is 12.0. The number of thiocarbonyl (C=S) groups is 1. The van der Waals surface area contributed by atoms with Crippen molar-refractivity contribution in [2.45, 2.75) is 39.2 Å². The molecule has 1 aliphatic rings. The zero-order chi connectivity index (χ0) is 19.6. The van der Waals surface area contributed by atoms with E-state index in [0.717, 1.165) is 36.3 Å². The summed E-state index contributed by atoms with van der Waals surface area (Å²) in [5.74, 6) is 0.849. The number of anilines is 2. The van der Waals surface area contributed by atoms with Crippen LogP contribution in [0.5, 0.6) is 0 Å². The summed E-state index contributed by atoms with van der Waals surface area (Å²) in [4.78, 5) is 8.89. The highest BCUT2D eigenvalue weighted by Gasteiger charge is 2.27. The minimum atomic E-state index is 0.149. The summed E-state index contributed by atoms with van der Waals surface area (Å²) in [6.45, 7) is 11.3. The minimum Gasteiger partial charge on any atom is -0.352 e. The summed E-state index contributed by atoms with van der Waals surface area (Å²) < 4.78 is 0. The summed E-state index contributed by atoms with van der Waals surface area (Å²) in [7, 11) is 0. The number of nitrogens with one attached hydrogen (secondary N) is 1. The average molecular weight is 403 g/mol. The Kier molecular flexibility index (Phi) is 5.92. The van der Waals surface area contributed by atoms with E-state index in [9.17, 15) is 0 Å². The molecule has 0 saturated carbocycles. The van der Waals surface area contributed by atoms with Crippen LogP contribution in [-0.2, 0) is 5.41 Å². The molecule has 0 radical (unpaired) electrons. The predicted octanol–water partition coefficient (Wildman–Crippen LogP) is 4.94. The molecule has 0 unspecified atom stereocenters. The number of halogens is 1. The molecular weight excluding hydrogens is 376 g/mol. The highest BCUT2D eigenvalue weighted by atomic mass is 35.5. The third-order valence-corrected chi connectivity index (χ3v) is 5.56. The molecule has 1 fully saturated rings. The zero-order valence-electron chi connectivity index (χ0n) is 16.4. The van der Waals surface area contributed by atoms with Gasteiger partial charge in [-0.2, -0.15) is 0 Å². The maximum absolute atomic E-state index is 6.30. The van der Waals surface area contributed by atoms with Gasteiger partial charge in [-0.25, -0.2) is 4.98 Å². The number of rotatable bonds is 2. The fraction of sp³-hybridized carbons (Fsp3) is 0.429. The molecule has 0 amide bonds. The van der Waals surface area contributed by atoms with Crippen LogP contribution in [0.1, 0.15) is 33.3 Å². The van der Waals surface area contributed by atoms with Gasteiger partial charge in [-0.05, 0) is 54.4 Å². The van der Waals surface area contributed by atoms with Crippen LogP contribution in [0.25, 0.3) is 0 Å². The fourth-order valence-electron chi connectivity index (χ4n) is 3.31. The maximum Gasteiger partial charge on any atom is 0.173 e. The van der Waals surface area contributed by atoms with Gasteiger partial charge in [0.2, 0.25) is 0 Å². The largest absolute Gasteiger partial charge is 0.352 e. The number of hydrogen-bond donors (Lipinski definition) is 1. The van der Waals surface area contributed by atoms with Crippen molar-refractivity contribution < 1.29 is 0 Å². The van der Waals surface area contributed by atoms with Gasteiger partial charge in [0.25, 0.3) is 0 Å². The molecule has 1 saturated heterocycles. The Morgan fingerprint density at radius 2 is 1.89 bits per heavy atom. The fourth-order valence-corrected chi connectivity index (χ4v) is 3.94. The quantitative estimate of drug-likeness (QED) is 0.719. The Labute approximate surface area is 172 Å². The molecule has 1 aromatic carbocycles. The Morgan fingerprint density at radius 1 is 1.19 bits per heavy atom. The number of pyridine rings is 1. The molecular formula is C21H27ClN4S. The van der Waals surface area contributed by atoms with Crippen molar-refractivity contribution in [3.8, 4) is 0 Å². The van der Waals surface area contributed by atoms with Crippen LogP contribution >= 0.6 is 23.8 Å². The molecule has 2 heterocycles. The van der Waals surface area contributed by atoms with Crippen molar-refractivity contribution in [1.82, 2.24) is 9.88 Å². The lowest BCUT2D eigenvalue weighted by Gasteiger charge is -2.41. The summed E-state index contributed by atoms with van der Waals surface area (Å²) in [6.07, 6.45) is 1.78. The normalized spacial score (nSPS) is 17.7. The van der Waals surface area contributed by atoms with Gasteiger partial charge in [0.15, 0.2) is 5.11 Å². The van der Waals surface area contributed by atoms with Crippen LogP contribution in [0.2, 0.25) is 5.02 Å². The van der Waals surface area contributed by atoms with Gasteiger partial charge < -0.3 is 15.1 Å². The van der Waals surface area contributed by atoms with Crippen molar-refractivity contribution >= 4 is 40.4 Å². The number of nitrogens with zero attached hydrogens (tertiary/aromatic N) is 3. The SMILES string of the molecule is C[C@@H]1CN(c2ncccc2Cl)CCN1C(=S)Nc1ccc(C(C)(C)C)cc1. The van der Waals surface area contributed by atoms with Crippen molar-refractivity contribution in [3.05, 3.63) is 53.2 Å². The predicted molar refractivity (Wildman–Crippen MR) is 119 cm³/mol. The Bertz CT molecular complexity index is 801. The van der Waals surface area contributed by atoms with E-state index in [0.29, 0.717) is 5.02 Å². The first kappa shape index (κ1) is 19.9. The number of aromatic nitrogens is 1. The van der Waals surface area contributed by atoms with Gasteiger partial charge in [-0.1, -0.05) is 44.5 Å². The van der Waals surface area contributed by atoms with E-state index in [2.05, 4.69) is 72.1 Å². The van der Waals surface area contributed by atoms with E-state index in [-0.39, 0.29) is 11.5 Å². The molecule has 0 spiro atoms. The van der Waals surface area contributed by atoms with Crippen LogP contribution in [0.4, 0.5) is 11.5 Å². The van der Waals surface area contributed by atoms with Gasteiger partial charge in [0.05, 0.1) is 5.02 Å². The van der Waals surface area contributed by atoms with Gasteiger partial charge in [-0.15, -0.1) is 0 Å². The topological polar surface area (TPSA) is 31.4 Å². The minimum absolute atomic E-state index is 0.149. The lowest BCUT2D eigenvalue weighted by Crippen LogP contribution is -2.55.